The second kappa shape index (κ2) is 16.4. The Morgan fingerprint density at radius 1 is 0.714 bits per heavy atom. The summed E-state index contributed by atoms with van der Waals surface area (Å²) in [4.78, 5) is 25.0. The number of unbranched alkanes of at least 4 members (excludes halogenated alkanes) is 6. The highest BCUT2D eigenvalue weighted by molar-refractivity contribution is 5.82. The van der Waals surface area contributed by atoms with Crippen molar-refractivity contribution >= 4 is 11.9 Å². The Balaban J connectivity index is 2.26. The highest BCUT2D eigenvalue weighted by atomic mass is 16.5. The van der Waals surface area contributed by atoms with Crippen molar-refractivity contribution < 1.29 is 19.1 Å². The normalized spacial score (nSPS) is 19.9. The van der Waals surface area contributed by atoms with E-state index < -0.39 is 0 Å². The predicted molar refractivity (Wildman–Crippen MR) is 114 cm³/mol. The van der Waals surface area contributed by atoms with Gasteiger partial charge >= 0.3 is 11.9 Å². The van der Waals surface area contributed by atoms with Crippen LogP contribution in [0.4, 0.5) is 0 Å². The van der Waals surface area contributed by atoms with Crippen LogP contribution in [0.25, 0.3) is 0 Å². The van der Waals surface area contributed by atoms with Gasteiger partial charge in [-0.25, -0.2) is 0 Å². The minimum atomic E-state index is -0.320. The Kier molecular flexibility index (Phi) is 14.3. The molecule has 1 rings (SSSR count). The minimum Gasteiger partial charge on any atom is -0.465 e. The van der Waals surface area contributed by atoms with E-state index >= 15 is 0 Å². The molecule has 2 unspecified atom stereocenters. The van der Waals surface area contributed by atoms with Crippen LogP contribution in [0.15, 0.2) is 24.3 Å². The molecule has 0 amide bonds. The smallest absolute Gasteiger partial charge is 0.309 e. The number of hydrogen-bond acceptors (Lipinski definition) is 4. The third-order valence-electron chi connectivity index (χ3n) is 5.36. The Hall–Kier alpha value is -1.58. The molecule has 28 heavy (non-hydrogen) atoms. The van der Waals surface area contributed by atoms with Gasteiger partial charge in [-0.2, -0.15) is 0 Å². The van der Waals surface area contributed by atoms with Crippen molar-refractivity contribution in [2.75, 3.05) is 13.2 Å². The number of carbonyl (C=O) groups is 2. The van der Waals surface area contributed by atoms with Gasteiger partial charge in [-0.05, 0) is 78.1 Å². The van der Waals surface area contributed by atoms with Gasteiger partial charge in [0, 0.05) is 0 Å². The Bertz CT molecular complexity index is 437. The van der Waals surface area contributed by atoms with Gasteiger partial charge in [-0.15, -0.1) is 0 Å². The van der Waals surface area contributed by atoms with Gasteiger partial charge < -0.3 is 9.47 Å². The van der Waals surface area contributed by atoms with E-state index in [4.69, 9.17) is 9.47 Å². The third kappa shape index (κ3) is 10.7. The summed E-state index contributed by atoms with van der Waals surface area (Å²) in [5.74, 6) is -1.05. The van der Waals surface area contributed by atoms with Crippen molar-refractivity contribution in [1.82, 2.24) is 0 Å². The van der Waals surface area contributed by atoms with Crippen LogP contribution < -0.4 is 0 Å². The van der Waals surface area contributed by atoms with E-state index in [0.29, 0.717) is 13.2 Å². The molecule has 160 valence electrons. The number of ether oxygens (including phenoxy) is 2. The third-order valence-corrected chi connectivity index (χ3v) is 5.36. The van der Waals surface area contributed by atoms with Crippen LogP contribution in [0, 0.1) is 11.8 Å². The van der Waals surface area contributed by atoms with Crippen molar-refractivity contribution in [3.8, 4) is 0 Å². The fourth-order valence-corrected chi connectivity index (χ4v) is 3.67. The molecule has 0 heterocycles. The summed E-state index contributed by atoms with van der Waals surface area (Å²) in [6, 6.07) is 0. The first-order valence-electron chi connectivity index (χ1n) is 11.3. The van der Waals surface area contributed by atoms with Gasteiger partial charge in [0.05, 0.1) is 25.0 Å². The number of carbonyl (C=O) groups excluding carboxylic acids is 2. The van der Waals surface area contributed by atoms with Crippen LogP contribution in [0.5, 0.6) is 0 Å². The summed E-state index contributed by atoms with van der Waals surface area (Å²) in [5.41, 5.74) is 0. The maximum atomic E-state index is 12.5. The van der Waals surface area contributed by atoms with E-state index in [1.807, 2.05) is 13.8 Å². The molecule has 2 atom stereocenters. The van der Waals surface area contributed by atoms with Crippen LogP contribution in [-0.4, -0.2) is 25.2 Å². The molecular weight excluding hydrogens is 352 g/mol. The Morgan fingerprint density at radius 2 is 1.14 bits per heavy atom. The zero-order valence-electron chi connectivity index (χ0n) is 18.0. The molecule has 0 saturated heterocycles. The zero-order chi connectivity index (χ0) is 20.5. The van der Waals surface area contributed by atoms with Crippen molar-refractivity contribution in [3.63, 3.8) is 0 Å². The fraction of sp³-hybridized carbons (Fsp3) is 0.750. The summed E-state index contributed by atoms with van der Waals surface area (Å²) in [6.07, 6.45) is 20.2. The molecule has 0 aliphatic heterocycles. The standard InChI is InChI=1S/C24H40O4/c1-3-5-7-9-11-15-19-27-23(25)21-17-13-14-18-22(21)24(26)28-20-16-12-10-8-6-4-2/h3-6,21-22H,7-20H2,1-2H3/b5-3+,6-4+. The molecule has 0 N–H and O–H groups in total. The van der Waals surface area contributed by atoms with E-state index in [2.05, 4.69) is 24.3 Å². The van der Waals surface area contributed by atoms with E-state index in [9.17, 15) is 9.59 Å². The molecule has 0 aromatic rings. The molecule has 1 aliphatic rings. The molecule has 4 nitrogen and oxygen atoms in total. The monoisotopic (exact) mass is 392 g/mol. The fourth-order valence-electron chi connectivity index (χ4n) is 3.67. The van der Waals surface area contributed by atoms with E-state index in [0.717, 1.165) is 77.0 Å². The highest BCUT2D eigenvalue weighted by Crippen LogP contribution is 2.32. The minimum absolute atomic E-state index is 0.207. The first-order chi connectivity index (χ1) is 13.7. The lowest BCUT2D eigenvalue weighted by atomic mass is 9.79. The van der Waals surface area contributed by atoms with Crippen LogP contribution >= 0.6 is 0 Å². The number of rotatable bonds is 14. The molecule has 0 aromatic heterocycles. The van der Waals surface area contributed by atoms with Crippen LogP contribution in [0.2, 0.25) is 0 Å². The number of allylic oxidation sites excluding steroid dienone is 4. The summed E-state index contributed by atoms with van der Waals surface area (Å²) in [6.45, 7) is 4.97. The van der Waals surface area contributed by atoms with Crippen molar-refractivity contribution in [3.05, 3.63) is 24.3 Å². The van der Waals surface area contributed by atoms with Gasteiger partial charge in [0.1, 0.15) is 0 Å². The zero-order valence-corrected chi connectivity index (χ0v) is 18.0. The van der Waals surface area contributed by atoms with Gasteiger partial charge in [0.2, 0.25) is 0 Å². The molecule has 0 radical (unpaired) electrons. The molecular formula is C24H40O4. The molecule has 0 spiro atoms. The van der Waals surface area contributed by atoms with Gasteiger partial charge in [0.25, 0.3) is 0 Å². The number of esters is 2. The van der Waals surface area contributed by atoms with Crippen molar-refractivity contribution in [2.45, 2.75) is 90.9 Å². The first kappa shape index (κ1) is 24.5. The molecule has 4 heteroatoms. The van der Waals surface area contributed by atoms with E-state index in [1.165, 1.54) is 0 Å². The quantitative estimate of drug-likeness (QED) is 0.202. The second-order valence-corrected chi connectivity index (χ2v) is 7.67. The van der Waals surface area contributed by atoms with E-state index in [-0.39, 0.29) is 23.8 Å². The summed E-state index contributed by atoms with van der Waals surface area (Å²) < 4.78 is 11.0. The molecule has 1 aliphatic carbocycles. The largest absolute Gasteiger partial charge is 0.465 e. The average molecular weight is 393 g/mol. The average Bonchev–Trinajstić information content (AvgIpc) is 2.72. The lowest BCUT2D eigenvalue weighted by Gasteiger charge is -2.28. The lowest BCUT2D eigenvalue weighted by Crippen LogP contribution is -2.35. The van der Waals surface area contributed by atoms with Crippen LogP contribution in [0.3, 0.4) is 0 Å². The lowest BCUT2D eigenvalue weighted by molar-refractivity contribution is -0.163. The molecule has 1 saturated carbocycles. The highest BCUT2D eigenvalue weighted by Gasteiger charge is 2.37. The summed E-state index contributed by atoms with van der Waals surface area (Å²) in [5, 5.41) is 0. The maximum Gasteiger partial charge on any atom is 0.309 e. The van der Waals surface area contributed by atoms with Crippen LogP contribution in [-0.2, 0) is 19.1 Å². The van der Waals surface area contributed by atoms with Gasteiger partial charge in [0.15, 0.2) is 0 Å². The predicted octanol–water partition coefficient (Wildman–Crippen LogP) is 6.15. The van der Waals surface area contributed by atoms with Crippen molar-refractivity contribution in [2.24, 2.45) is 11.8 Å². The van der Waals surface area contributed by atoms with Crippen LogP contribution in [0.1, 0.15) is 90.9 Å². The summed E-state index contributed by atoms with van der Waals surface area (Å²) in [7, 11) is 0. The maximum absolute atomic E-state index is 12.5. The molecule has 1 fully saturated rings. The Labute approximate surface area is 171 Å². The second-order valence-electron chi connectivity index (χ2n) is 7.67. The molecule has 0 aromatic carbocycles. The SMILES string of the molecule is C/C=C/CCCCCOC(=O)C1CCCCC1C(=O)OCCCCC/C=C/C. The van der Waals surface area contributed by atoms with Gasteiger partial charge in [-0.3, -0.25) is 9.59 Å². The first-order valence-corrected chi connectivity index (χ1v) is 11.3. The van der Waals surface area contributed by atoms with Gasteiger partial charge in [-0.1, -0.05) is 37.1 Å². The number of hydrogen-bond donors (Lipinski definition) is 0. The van der Waals surface area contributed by atoms with Crippen molar-refractivity contribution in [1.29, 1.82) is 0 Å². The Morgan fingerprint density at radius 3 is 1.54 bits per heavy atom. The van der Waals surface area contributed by atoms with E-state index in [1.54, 1.807) is 0 Å². The molecule has 0 bridgehead atoms. The summed E-state index contributed by atoms with van der Waals surface area (Å²) >= 11 is 0. The topological polar surface area (TPSA) is 52.6 Å².